The summed E-state index contributed by atoms with van der Waals surface area (Å²) >= 11 is 0. The van der Waals surface area contributed by atoms with E-state index in [0.29, 0.717) is 0 Å². The topological polar surface area (TPSA) is 95.5 Å². The SMILES string of the molecule is CCC(C)NC(=O)CCNS(=O)(=O)c1cccc(O)c1. The fourth-order valence-electron chi connectivity index (χ4n) is 1.48. The Hall–Kier alpha value is -1.60. The monoisotopic (exact) mass is 300 g/mol. The van der Waals surface area contributed by atoms with Crippen LogP contribution in [0.15, 0.2) is 29.2 Å². The number of phenolic OH excluding ortho intramolecular Hbond substituents is 1. The number of carbonyl (C=O) groups is 1. The zero-order valence-corrected chi connectivity index (χ0v) is 12.4. The van der Waals surface area contributed by atoms with E-state index in [1.165, 1.54) is 18.2 Å². The summed E-state index contributed by atoms with van der Waals surface area (Å²) in [6, 6.07) is 5.44. The molecule has 6 nitrogen and oxygen atoms in total. The Balaban J connectivity index is 2.51. The number of rotatable bonds is 7. The predicted molar refractivity (Wildman–Crippen MR) is 75.8 cm³/mol. The zero-order valence-electron chi connectivity index (χ0n) is 11.6. The van der Waals surface area contributed by atoms with Gasteiger partial charge in [0.05, 0.1) is 4.90 Å². The summed E-state index contributed by atoms with van der Waals surface area (Å²) in [5.41, 5.74) is 0. The lowest BCUT2D eigenvalue weighted by molar-refractivity contribution is -0.121. The molecule has 0 aliphatic rings. The highest BCUT2D eigenvalue weighted by Crippen LogP contribution is 2.15. The lowest BCUT2D eigenvalue weighted by Crippen LogP contribution is -2.35. The van der Waals surface area contributed by atoms with Crippen molar-refractivity contribution in [3.8, 4) is 5.75 Å². The van der Waals surface area contributed by atoms with Gasteiger partial charge in [-0.15, -0.1) is 0 Å². The molecule has 0 spiro atoms. The van der Waals surface area contributed by atoms with Crippen LogP contribution in [0, 0.1) is 0 Å². The summed E-state index contributed by atoms with van der Waals surface area (Å²) in [5, 5.41) is 12.0. The number of phenols is 1. The highest BCUT2D eigenvalue weighted by atomic mass is 32.2. The summed E-state index contributed by atoms with van der Waals surface area (Å²) in [6.45, 7) is 3.85. The van der Waals surface area contributed by atoms with E-state index in [1.54, 1.807) is 0 Å². The van der Waals surface area contributed by atoms with Crippen molar-refractivity contribution >= 4 is 15.9 Å². The van der Waals surface area contributed by atoms with Gasteiger partial charge in [-0.05, 0) is 31.5 Å². The second-order valence-corrected chi connectivity index (χ2v) is 6.29. The van der Waals surface area contributed by atoms with E-state index in [1.807, 2.05) is 13.8 Å². The van der Waals surface area contributed by atoms with Crippen LogP contribution in [0.1, 0.15) is 26.7 Å². The molecule has 0 saturated carbocycles. The van der Waals surface area contributed by atoms with Crippen LogP contribution >= 0.6 is 0 Å². The Morgan fingerprint density at radius 2 is 2.10 bits per heavy atom. The molecule has 0 aliphatic heterocycles. The summed E-state index contributed by atoms with van der Waals surface area (Å²) in [6.07, 6.45) is 0.892. The molecular formula is C13H20N2O4S. The number of aromatic hydroxyl groups is 1. The number of hydrogen-bond acceptors (Lipinski definition) is 4. The molecule has 1 aromatic carbocycles. The molecule has 0 bridgehead atoms. The molecular weight excluding hydrogens is 280 g/mol. The van der Waals surface area contributed by atoms with E-state index >= 15 is 0 Å². The first-order chi connectivity index (χ1) is 9.35. The van der Waals surface area contributed by atoms with Crippen molar-refractivity contribution in [1.29, 1.82) is 0 Å². The van der Waals surface area contributed by atoms with E-state index in [4.69, 9.17) is 0 Å². The lowest BCUT2D eigenvalue weighted by Gasteiger charge is -2.11. The molecule has 1 atom stereocenters. The molecule has 0 radical (unpaired) electrons. The molecule has 1 aromatic rings. The van der Waals surface area contributed by atoms with Gasteiger partial charge >= 0.3 is 0 Å². The number of carbonyl (C=O) groups excluding carboxylic acids is 1. The smallest absolute Gasteiger partial charge is 0.240 e. The average Bonchev–Trinajstić information content (AvgIpc) is 2.38. The Morgan fingerprint density at radius 1 is 1.40 bits per heavy atom. The standard InChI is InChI=1S/C13H20N2O4S/c1-3-10(2)15-13(17)7-8-14-20(18,19)12-6-4-5-11(16)9-12/h4-6,9-10,14,16H,3,7-8H2,1-2H3,(H,15,17). The minimum Gasteiger partial charge on any atom is -0.508 e. The Labute approximate surface area is 119 Å². The fraction of sp³-hybridized carbons (Fsp3) is 0.462. The second kappa shape index (κ2) is 7.25. The highest BCUT2D eigenvalue weighted by Gasteiger charge is 2.14. The third-order valence-corrected chi connectivity index (χ3v) is 4.25. The number of hydrogen-bond donors (Lipinski definition) is 3. The molecule has 0 heterocycles. The van der Waals surface area contributed by atoms with Gasteiger partial charge in [-0.25, -0.2) is 13.1 Å². The predicted octanol–water partition coefficient (Wildman–Crippen LogP) is 0.975. The first kappa shape index (κ1) is 16.5. The van der Waals surface area contributed by atoms with Crippen molar-refractivity contribution in [3.05, 3.63) is 24.3 Å². The van der Waals surface area contributed by atoms with Gasteiger partial charge in [0.1, 0.15) is 5.75 Å². The van der Waals surface area contributed by atoms with Gasteiger partial charge in [-0.1, -0.05) is 13.0 Å². The van der Waals surface area contributed by atoms with Crippen molar-refractivity contribution in [2.24, 2.45) is 0 Å². The van der Waals surface area contributed by atoms with Crippen LogP contribution in [0.5, 0.6) is 5.75 Å². The number of benzene rings is 1. The van der Waals surface area contributed by atoms with E-state index in [2.05, 4.69) is 10.0 Å². The summed E-state index contributed by atoms with van der Waals surface area (Å²) in [5.74, 6) is -0.319. The van der Waals surface area contributed by atoms with E-state index in [-0.39, 0.29) is 35.6 Å². The van der Waals surface area contributed by atoms with Crippen LogP contribution in [-0.2, 0) is 14.8 Å². The maximum atomic E-state index is 11.9. The molecule has 7 heteroatoms. The van der Waals surface area contributed by atoms with E-state index in [0.717, 1.165) is 12.5 Å². The van der Waals surface area contributed by atoms with Gasteiger partial charge in [0.25, 0.3) is 0 Å². The van der Waals surface area contributed by atoms with Crippen molar-refractivity contribution in [3.63, 3.8) is 0 Å². The summed E-state index contributed by atoms with van der Waals surface area (Å²) in [7, 11) is -3.70. The van der Waals surface area contributed by atoms with Gasteiger partial charge in [-0.2, -0.15) is 0 Å². The maximum Gasteiger partial charge on any atom is 0.240 e. The molecule has 0 aliphatic carbocycles. The Morgan fingerprint density at radius 3 is 2.70 bits per heavy atom. The van der Waals surface area contributed by atoms with Crippen LogP contribution in [0.25, 0.3) is 0 Å². The van der Waals surface area contributed by atoms with Crippen molar-refractivity contribution < 1.29 is 18.3 Å². The molecule has 0 aromatic heterocycles. The first-order valence-corrected chi connectivity index (χ1v) is 7.91. The van der Waals surface area contributed by atoms with Crippen molar-refractivity contribution in [1.82, 2.24) is 10.0 Å². The maximum absolute atomic E-state index is 11.9. The Kier molecular flexibility index (Phi) is 5.97. The average molecular weight is 300 g/mol. The largest absolute Gasteiger partial charge is 0.508 e. The normalized spacial score (nSPS) is 12.9. The number of amides is 1. The molecule has 20 heavy (non-hydrogen) atoms. The van der Waals surface area contributed by atoms with Crippen LogP contribution < -0.4 is 10.0 Å². The van der Waals surface area contributed by atoms with Crippen LogP contribution in [0.3, 0.4) is 0 Å². The minimum atomic E-state index is -3.70. The third-order valence-electron chi connectivity index (χ3n) is 2.79. The molecule has 3 N–H and O–H groups in total. The molecule has 1 unspecified atom stereocenters. The molecule has 1 rings (SSSR count). The van der Waals surface area contributed by atoms with Gasteiger partial charge in [-0.3, -0.25) is 4.79 Å². The first-order valence-electron chi connectivity index (χ1n) is 6.43. The van der Waals surface area contributed by atoms with Crippen LogP contribution in [-0.4, -0.2) is 32.0 Å². The summed E-state index contributed by atoms with van der Waals surface area (Å²) in [4.78, 5) is 11.5. The van der Waals surface area contributed by atoms with E-state index < -0.39 is 10.0 Å². The highest BCUT2D eigenvalue weighted by molar-refractivity contribution is 7.89. The molecule has 1 amide bonds. The van der Waals surface area contributed by atoms with Crippen molar-refractivity contribution in [2.75, 3.05) is 6.54 Å². The quantitative estimate of drug-likeness (QED) is 0.699. The van der Waals surface area contributed by atoms with Crippen LogP contribution in [0.4, 0.5) is 0 Å². The number of nitrogens with one attached hydrogen (secondary N) is 2. The van der Waals surface area contributed by atoms with E-state index in [9.17, 15) is 18.3 Å². The minimum absolute atomic E-state index is 0.0141. The van der Waals surface area contributed by atoms with Crippen LogP contribution in [0.2, 0.25) is 0 Å². The Bertz CT molecular complexity index is 557. The second-order valence-electron chi connectivity index (χ2n) is 4.52. The zero-order chi connectivity index (χ0) is 15.2. The molecule has 0 fully saturated rings. The van der Waals surface area contributed by atoms with Crippen molar-refractivity contribution in [2.45, 2.75) is 37.6 Å². The van der Waals surface area contributed by atoms with Gasteiger partial charge in [0.2, 0.25) is 15.9 Å². The lowest BCUT2D eigenvalue weighted by atomic mass is 10.2. The van der Waals surface area contributed by atoms with Gasteiger partial charge in [0.15, 0.2) is 0 Å². The number of sulfonamides is 1. The fourth-order valence-corrected chi connectivity index (χ4v) is 2.55. The molecule has 112 valence electrons. The van der Waals surface area contributed by atoms with Gasteiger partial charge in [0, 0.05) is 19.0 Å². The van der Waals surface area contributed by atoms with Gasteiger partial charge < -0.3 is 10.4 Å². The third kappa shape index (κ3) is 5.18. The summed E-state index contributed by atoms with van der Waals surface area (Å²) < 4.78 is 26.1. The molecule has 0 saturated heterocycles.